The molecule has 1 aromatic rings. The van der Waals surface area contributed by atoms with Crippen molar-refractivity contribution in [2.45, 2.75) is 12.5 Å². The highest BCUT2D eigenvalue weighted by Crippen LogP contribution is 2.24. The molecule has 0 bridgehead atoms. The molecule has 20 heavy (non-hydrogen) atoms. The number of hydrogen-bond acceptors (Lipinski definition) is 3. The van der Waals surface area contributed by atoms with Crippen LogP contribution in [0, 0.1) is 0 Å². The molecule has 0 radical (unpaired) electrons. The number of hydrogen-bond donors (Lipinski definition) is 1. The van der Waals surface area contributed by atoms with Gasteiger partial charge in [-0.05, 0) is 24.3 Å². The second kappa shape index (κ2) is 5.81. The van der Waals surface area contributed by atoms with E-state index in [2.05, 4.69) is 5.32 Å². The Bertz CT molecular complexity index is 499. The van der Waals surface area contributed by atoms with E-state index in [1.165, 1.54) is 4.90 Å². The lowest BCUT2D eigenvalue weighted by atomic mass is 10.2. The normalized spacial score (nSPS) is 18.1. The molecule has 1 aromatic carbocycles. The second-order valence-electron chi connectivity index (χ2n) is 4.95. The lowest BCUT2D eigenvalue weighted by Crippen LogP contribution is -2.42. The van der Waals surface area contributed by atoms with Crippen LogP contribution in [0.5, 0.6) is 5.75 Å². The second-order valence-corrected chi connectivity index (χ2v) is 4.95. The number of rotatable bonds is 3. The van der Waals surface area contributed by atoms with E-state index in [-0.39, 0.29) is 18.0 Å². The van der Waals surface area contributed by atoms with Gasteiger partial charge in [-0.3, -0.25) is 4.79 Å². The molecule has 0 unspecified atom stereocenters. The van der Waals surface area contributed by atoms with Crippen LogP contribution < -0.4 is 15.0 Å². The number of carbonyl (C=O) groups excluding carboxylic acids is 2. The van der Waals surface area contributed by atoms with E-state index in [1.807, 2.05) is 24.3 Å². The molecular weight excluding hydrogens is 258 g/mol. The molecule has 1 aliphatic heterocycles. The molecule has 1 fully saturated rings. The number of methoxy groups -OCH3 is 1. The van der Waals surface area contributed by atoms with Crippen molar-refractivity contribution in [2.24, 2.45) is 0 Å². The first-order valence-corrected chi connectivity index (χ1v) is 6.43. The summed E-state index contributed by atoms with van der Waals surface area (Å²) in [7, 11) is 4.95. The Hall–Kier alpha value is -2.24. The van der Waals surface area contributed by atoms with Gasteiger partial charge in [0.1, 0.15) is 5.75 Å². The van der Waals surface area contributed by atoms with Crippen molar-refractivity contribution >= 4 is 17.6 Å². The quantitative estimate of drug-likeness (QED) is 0.899. The van der Waals surface area contributed by atoms with Crippen molar-refractivity contribution < 1.29 is 14.3 Å². The predicted molar refractivity (Wildman–Crippen MR) is 76.0 cm³/mol. The van der Waals surface area contributed by atoms with E-state index in [9.17, 15) is 9.59 Å². The zero-order valence-corrected chi connectivity index (χ0v) is 11.9. The van der Waals surface area contributed by atoms with Gasteiger partial charge in [-0.15, -0.1) is 0 Å². The van der Waals surface area contributed by atoms with Gasteiger partial charge in [-0.25, -0.2) is 4.79 Å². The van der Waals surface area contributed by atoms with E-state index in [1.54, 1.807) is 26.1 Å². The highest BCUT2D eigenvalue weighted by atomic mass is 16.5. The van der Waals surface area contributed by atoms with Gasteiger partial charge in [0.25, 0.3) is 0 Å². The highest BCUT2D eigenvalue weighted by molar-refractivity contribution is 5.96. The van der Waals surface area contributed by atoms with E-state index < -0.39 is 0 Å². The maximum Gasteiger partial charge on any atom is 0.317 e. The summed E-state index contributed by atoms with van der Waals surface area (Å²) in [6.07, 6.45) is 0.325. The van der Waals surface area contributed by atoms with Crippen molar-refractivity contribution in [1.82, 2.24) is 10.2 Å². The van der Waals surface area contributed by atoms with Crippen molar-refractivity contribution in [3.8, 4) is 5.75 Å². The summed E-state index contributed by atoms with van der Waals surface area (Å²) in [6, 6.07) is 6.97. The summed E-state index contributed by atoms with van der Waals surface area (Å²) >= 11 is 0. The van der Waals surface area contributed by atoms with Gasteiger partial charge in [-0.1, -0.05) is 0 Å². The minimum absolute atomic E-state index is 0.0132. The van der Waals surface area contributed by atoms with E-state index in [0.29, 0.717) is 13.0 Å². The number of urea groups is 1. The summed E-state index contributed by atoms with van der Waals surface area (Å²) < 4.78 is 5.09. The van der Waals surface area contributed by atoms with Crippen LogP contribution in [0.15, 0.2) is 24.3 Å². The molecule has 0 spiro atoms. The SMILES string of the molecule is COc1ccc(N2C[C@H](NC(=O)N(C)C)CC2=O)cc1. The summed E-state index contributed by atoms with van der Waals surface area (Å²) in [4.78, 5) is 26.8. The van der Waals surface area contributed by atoms with Gasteiger partial charge in [-0.2, -0.15) is 0 Å². The molecule has 1 heterocycles. The third-order valence-corrected chi connectivity index (χ3v) is 3.24. The molecule has 0 aliphatic carbocycles. The third kappa shape index (κ3) is 3.01. The Balaban J connectivity index is 2.03. The van der Waals surface area contributed by atoms with E-state index in [0.717, 1.165) is 11.4 Å². The number of amides is 3. The topological polar surface area (TPSA) is 61.9 Å². The Kier molecular flexibility index (Phi) is 4.12. The van der Waals surface area contributed by atoms with Crippen LogP contribution in [-0.4, -0.2) is 50.6 Å². The summed E-state index contributed by atoms with van der Waals surface area (Å²) in [5, 5.41) is 2.83. The molecule has 3 amide bonds. The predicted octanol–water partition coefficient (Wildman–Crippen LogP) is 1.07. The fourth-order valence-corrected chi connectivity index (χ4v) is 2.12. The van der Waals surface area contributed by atoms with Gasteiger partial charge in [0.2, 0.25) is 5.91 Å². The third-order valence-electron chi connectivity index (χ3n) is 3.24. The molecule has 2 rings (SSSR count). The van der Waals surface area contributed by atoms with Gasteiger partial charge in [0.15, 0.2) is 0 Å². The fourth-order valence-electron chi connectivity index (χ4n) is 2.12. The van der Waals surface area contributed by atoms with Gasteiger partial charge >= 0.3 is 6.03 Å². The van der Waals surface area contributed by atoms with Crippen molar-refractivity contribution in [2.75, 3.05) is 32.6 Å². The molecule has 6 heteroatoms. The maximum absolute atomic E-state index is 12.0. The van der Waals surface area contributed by atoms with Crippen LogP contribution in [0.2, 0.25) is 0 Å². The first-order valence-electron chi connectivity index (χ1n) is 6.43. The molecular formula is C14H19N3O3. The van der Waals surface area contributed by atoms with Crippen LogP contribution in [0.3, 0.4) is 0 Å². The van der Waals surface area contributed by atoms with E-state index in [4.69, 9.17) is 4.74 Å². The monoisotopic (exact) mass is 277 g/mol. The van der Waals surface area contributed by atoms with Crippen LogP contribution in [0.4, 0.5) is 10.5 Å². The number of nitrogens with one attached hydrogen (secondary N) is 1. The number of carbonyl (C=O) groups is 2. The van der Waals surface area contributed by atoms with Crippen molar-refractivity contribution in [3.63, 3.8) is 0 Å². The molecule has 1 aliphatic rings. The number of anilines is 1. The zero-order chi connectivity index (χ0) is 14.7. The average molecular weight is 277 g/mol. The van der Waals surface area contributed by atoms with Gasteiger partial charge < -0.3 is 19.9 Å². The number of benzene rings is 1. The Labute approximate surface area is 118 Å². The largest absolute Gasteiger partial charge is 0.497 e. The number of ether oxygens (including phenoxy) is 1. The lowest BCUT2D eigenvalue weighted by molar-refractivity contribution is -0.117. The van der Waals surface area contributed by atoms with Crippen molar-refractivity contribution in [1.29, 1.82) is 0 Å². The summed E-state index contributed by atoms with van der Waals surface area (Å²) in [5.41, 5.74) is 0.817. The first kappa shape index (κ1) is 14.2. The van der Waals surface area contributed by atoms with Crippen LogP contribution >= 0.6 is 0 Å². The maximum atomic E-state index is 12.0. The fraction of sp³-hybridized carbons (Fsp3) is 0.429. The molecule has 1 atom stereocenters. The Morgan fingerprint density at radius 1 is 1.35 bits per heavy atom. The molecule has 108 valence electrons. The summed E-state index contributed by atoms with van der Waals surface area (Å²) in [6.45, 7) is 0.491. The first-order chi connectivity index (χ1) is 9.51. The molecule has 1 saturated heterocycles. The smallest absolute Gasteiger partial charge is 0.317 e. The van der Waals surface area contributed by atoms with Crippen LogP contribution in [0.25, 0.3) is 0 Å². The van der Waals surface area contributed by atoms with Crippen molar-refractivity contribution in [3.05, 3.63) is 24.3 Å². The van der Waals surface area contributed by atoms with Gasteiger partial charge in [0.05, 0.1) is 13.2 Å². The van der Waals surface area contributed by atoms with Crippen LogP contribution in [-0.2, 0) is 4.79 Å². The minimum atomic E-state index is -0.181. The standard InChI is InChI=1S/C14H19N3O3/c1-16(2)14(19)15-10-8-13(18)17(9-10)11-4-6-12(20-3)7-5-11/h4-7,10H,8-9H2,1-3H3,(H,15,19)/t10-/m1/s1. The lowest BCUT2D eigenvalue weighted by Gasteiger charge is -2.19. The number of nitrogens with zero attached hydrogens (tertiary/aromatic N) is 2. The van der Waals surface area contributed by atoms with Gasteiger partial charge in [0, 0.05) is 32.7 Å². The zero-order valence-electron chi connectivity index (χ0n) is 11.9. The Morgan fingerprint density at radius 2 is 2.00 bits per heavy atom. The Morgan fingerprint density at radius 3 is 2.55 bits per heavy atom. The highest BCUT2D eigenvalue weighted by Gasteiger charge is 2.31. The van der Waals surface area contributed by atoms with Crippen LogP contribution in [0.1, 0.15) is 6.42 Å². The molecule has 0 saturated carbocycles. The summed E-state index contributed by atoms with van der Waals surface area (Å²) in [5.74, 6) is 0.761. The molecule has 6 nitrogen and oxygen atoms in total. The average Bonchev–Trinajstić information content (AvgIpc) is 2.79. The molecule has 1 N–H and O–H groups in total. The van der Waals surface area contributed by atoms with E-state index >= 15 is 0 Å². The molecule has 0 aromatic heterocycles. The minimum Gasteiger partial charge on any atom is -0.497 e.